The minimum absolute atomic E-state index is 0.524. The molecule has 6 rings (SSSR count). The van der Waals surface area contributed by atoms with E-state index in [1.54, 1.807) is 0 Å². The van der Waals surface area contributed by atoms with E-state index >= 15 is 0 Å². The molecule has 326 valence electrons. The van der Waals surface area contributed by atoms with Crippen molar-refractivity contribution in [3.63, 3.8) is 0 Å². The van der Waals surface area contributed by atoms with E-state index in [0.717, 1.165) is 24.3 Å². The fourth-order valence-corrected chi connectivity index (χ4v) is 9.47. The van der Waals surface area contributed by atoms with Crippen LogP contribution in [0.4, 0.5) is 0 Å². The molecular formula is C57H74O4. The normalized spacial score (nSPS) is 12.7. The van der Waals surface area contributed by atoms with Gasteiger partial charge in [-0.25, -0.2) is 0 Å². The minimum Gasteiger partial charge on any atom is -0.491 e. The highest BCUT2D eigenvalue weighted by molar-refractivity contribution is 5.89. The Kier molecular flexibility index (Phi) is 17.9. The smallest absolute Gasteiger partial charge is 0.119 e. The molecule has 0 aliphatic heterocycles. The van der Waals surface area contributed by atoms with E-state index < -0.39 is 5.41 Å². The van der Waals surface area contributed by atoms with Gasteiger partial charge in [0.15, 0.2) is 0 Å². The number of ether oxygens (including phenoxy) is 4. The highest BCUT2D eigenvalue weighted by Crippen LogP contribution is 2.57. The second-order valence-electron chi connectivity index (χ2n) is 17.2. The number of unbranched alkanes of at least 4 members (excludes halogenated alkanes) is 10. The third-order valence-corrected chi connectivity index (χ3v) is 12.7. The topological polar surface area (TPSA) is 36.9 Å². The molecule has 0 unspecified atom stereocenters. The zero-order valence-corrected chi connectivity index (χ0v) is 38.5. The molecule has 0 heterocycles. The molecule has 0 aromatic heterocycles. The molecule has 4 heteroatoms. The van der Waals surface area contributed by atoms with Crippen LogP contribution in [0.1, 0.15) is 149 Å². The number of hydrogen-bond acceptors (Lipinski definition) is 4. The Labute approximate surface area is 369 Å². The molecule has 0 saturated heterocycles. The van der Waals surface area contributed by atoms with Gasteiger partial charge in [-0.3, -0.25) is 0 Å². The fourth-order valence-electron chi connectivity index (χ4n) is 9.47. The molecule has 61 heavy (non-hydrogen) atoms. The van der Waals surface area contributed by atoms with Crippen molar-refractivity contribution in [2.75, 3.05) is 39.6 Å². The van der Waals surface area contributed by atoms with Crippen molar-refractivity contribution in [1.29, 1.82) is 0 Å². The second kappa shape index (κ2) is 23.7. The minimum atomic E-state index is -0.564. The molecule has 0 spiro atoms. The lowest BCUT2D eigenvalue weighted by molar-refractivity contribution is 0.110. The number of benzene rings is 5. The van der Waals surface area contributed by atoms with Crippen LogP contribution in [0.3, 0.4) is 0 Å². The average molecular weight is 823 g/mol. The second-order valence-corrected chi connectivity index (χ2v) is 17.2. The highest BCUT2D eigenvalue weighted by Gasteiger charge is 2.46. The van der Waals surface area contributed by atoms with E-state index in [9.17, 15) is 0 Å². The van der Waals surface area contributed by atoms with Gasteiger partial charge in [-0.15, -0.1) is 0 Å². The summed E-state index contributed by atoms with van der Waals surface area (Å²) in [6, 6.07) is 37.2. The summed E-state index contributed by atoms with van der Waals surface area (Å²) >= 11 is 0. The summed E-state index contributed by atoms with van der Waals surface area (Å²) in [5.74, 6) is 1.70. The maximum Gasteiger partial charge on any atom is 0.119 e. The molecule has 5 aromatic rings. The van der Waals surface area contributed by atoms with Crippen LogP contribution in [0.5, 0.6) is 11.5 Å². The number of fused-ring (bicyclic) bond motifs is 3. The van der Waals surface area contributed by atoms with Gasteiger partial charge < -0.3 is 18.9 Å². The summed E-state index contributed by atoms with van der Waals surface area (Å²) < 4.78 is 23.5. The van der Waals surface area contributed by atoms with E-state index in [1.807, 2.05) is 13.8 Å². The molecule has 0 N–H and O–H groups in total. The Bertz CT molecular complexity index is 2020. The lowest BCUT2D eigenvalue weighted by Gasteiger charge is -2.34. The molecule has 1 aliphatic carbocycles. The lowest BCUT2D eigenvalue weighted by atomic mass is 9.67. The van der Waals surface area contributed by atoms with Crippen LogP contribution in [0, 0.1) is 13.8 Å². The van der Waals surface area contributed by atoms with E-state index in [2.05, 4.69) is 125 Å². The van der Waals surface area contributed by atoms with Crippen molar-refractivity contribution in [3.8, 4) is 33.8 Å². The fraction of sp³-hybridized carbons (Fsp3) is 0.474. The predicted octanol–water partition coefficient (Wildman–Crippen LogP) is 15.0. The number of rotatable bonds is 27. The molecule has 4 nitrogen and oxygen atoms in total. The van der Waals surface area contributed by atoms with Crippen molar-refractivity contribution in [1.82, 2.24) is 0 Å². The third-order valence-electron chi connectivity index (χ3n) is 12.7. The number of aryl methyl sites for hydroxylation is 4. The SMILES string of the molecule is CCCCCCCCc1cc(-c2ccc3c(c2)C(c2ccc(OCCOCC)cc2)(c2ccc(OCCOCC)cc2)c2cc(C)ccc2-3)c(CCCCCCCC)cc1C. The van der Waals surface area contributed by atoms with Crippen molar-refractivity contribution < 1.29 is 18.9 Å². The van der Waals surface area contributed by atoms with Crippen molar-refractivity contribution in [2.45, 2.75) is 137 Å². The van der Waals surface area contributed by atoms with Crippen molar-refractivity contribution >= 4 is 0 Å². The highest BCUT2D eigenvalue weighted by atomic mass is 16.5. The Morgan fingerprint density at radius 2 is 0.918 bits per heavy atom. The van der Waals surface area contributed by atoms with E-state index in [4.69, 9.17) is 18.9 Å². The van der Waals surface area contributed by atoms with Gasteiger partial charge in [0.2, 0.25) is 0 Å². The van der Waals surface area contributed by atoms with Crippen molar-refractivity contribution in [2.24, 2.45) is 0 Å². The first kappa shape index (κ1) is 46.1. The maximum atomic E-state index is 6.16. The first-order chi connectivity index (χ1) is 29.9. The standard InChI is InChI=1S/C57H74O4/c1-7-11-13-15-17-19-21-45-41-54(46(40-44(45)6)22-20-18-16-14-12-8-2)47-24-34-53-52-33-23-43(5)39-55(52)57(56(53)42-47,48-25-29-50(30-26-48)60-37-35-58-9-3)49-27-31-51(32-28-49)61-38-36-59-10-4/h23-34,39-42H,7-22,35-38H2,1-6H3. The van der Waals surface area contributed by atoms with Gasteiger partial charge >= 0.3 is 0 Å². The average Bonchev–Trinajstić information content (AvgIpc) is 3.56. The first-order valence-electron chi connectivity index (χ1n) is 23.9. The van der Waals surface area contributed by atoms with Gasteiger partial charge in [0.1, 0.15) is 24.7 Å². The molecule has 1 aliphatic rings. The molecule has 0 atom stereocenters. The van der Waals surface area contributed by atoms with Gasteiger partial charge in [-0.2, -0.15) is 0 Å². The zero-order chi connectivity index (χ0) is 42.9. The summed E-state index contributed by atoms with van der Waals surface area (Å²) in [7, 11) is 0. The monoisotopic (exact) mass is 823 g/mol. The van der Waals surface area contributed by atoms with Crippen LogP contribution in [-0.2, 0) is 27.7 Å². The summed E-state index contributed by atoms with van der Waals surface area (Å²) in [5.41, 5.74) is 15.5. The van der Waals surface area contributed by atoms with Crippen LogP contribution >= 0.6 is 0 Å². The summed E-state index contributed by atoms with van der Waals surface area (Å²) in [5, 5.41) is 0. The summed E-state index contributed by atoms with van der Waals surface area (Å²) in [6.07, 6.45) is 17.9. The van der Waals surface area contributed by atoms with Gasteiger partial charge in [-0.05, 0) is 145 Å². The Morgan fingerprint density at radius 3 is 1.46 bits per heavy atom. The maximum absolute atomic E-state index is 6.16. The largest absolute Gasteiger partial charge is 0.491 e. The quantitative estimate of drug-likeness (QED) is 0.0485. The molecular weight excluding hydrogens is 749 g/mol. The van der Waals surface area contributed by atoms with E-state index in [0.29, 0.717) is 39.6 Å². The third kappa shape index (κ3) is 11.6. The van der Waals surface area contributed by atoms with Crippen LogP contribution in [0.25, 0.3) is 22.3 Å². The van der Waals surface area contributed by atoms with Gasteiger partial charge in [-0.1, -0.05) is 150 Å². The molecule has 0 amide bonds. The first-order valence-corrected chi connectivity index (χ1v) is 23.9. The van der Waals surface area contributed by atoms with Crippen molar-refractivity contribution in [3.05, 3.63) is 142 Å². The van der Waals surface area contributed by atoms with Gasteiger partial charge in [0.25, 0.3) is 0 Å². The summed E-state index contributed by atoms with van der Waals surface area (Å²) in [4.78, 5) is 0. The zero-order valence-electron chi connectivity index (χ0n) is 38.5. The lowest BCUT2D eigenvalue weighted by Crippen LogP contribution is -2.28. The molecule has 0 radical (unpaired) electrons. The Balaban J connectivity index is 1.47. The van der Waals surface area contributed by atoms with Gasteiger partial charge in [0, 0.05) is 13.2 Å². The molecule has 0 fully saturated rings. The summed E-state index contributed by atoms with van der Waals surface area (Å²) in [6.45, 7) is 16.8. The van der Waals surface area contributed by atoms with Gasteiger partial charge in [0.05, 0.1) is 18.6 Å². The predicted molar refractivity (Wildman–Crippen MR) is 257 cm³/mol. The molecule has 0 saturated carbocycles. The van der Waals surface area contributed by atoms with Crippen LogP contribution < -0.4 is 9.47 Å². The van der Waals surface area contributed by atoms with Crippen LogP contribution in [-0.4, -0.2) is 39.6 Å². The van der Waals surface area contributed by atoms with E-state index in [1.165, 1.54) is 144 Å². The molecule has 5 aromatic carbocycles. The number of hydrogen-bond donors (Lipinski definition) is 0. The Morgan fingerprint density at radius 1 is 0.426 bits per heavy atom. The van der Waals surface area contributed by atoms with E-state index in [-0.39, 0.29) is 0 Å². The Hall–Kier alpha value is -4.38. The van der Waals surface area contributed by atoms with Crippen LogP contribution in [0.15, 0.2) is 97.1 Å². The molecule has 0 bridgehead atoms. The van der Waals surface area contributed by atoms with Crippen LogP contribution in [0.2, 0.25) is 0 Å².